The number of aromatic nitrogens is 1. The summed E-state index contributed by atoms with van der Waals surface area (Å²) in [6, 6.07) is 1.55. The highest BCUT2D eigenvalue weighted by Crippen LogP contribution is 2.12. The number of aldehydes is 1. The molecule has 1 aromatic heterocycles. The monoisotopic (exact) mass is 151 g/mol. The van der Waals surface area contributed by atoms with Crippen molar-refractivity contribution in [1.29, 1.82) is 0 Å². The van der Waals surface area contributed by atoms with Crippen molar-refractivity contribution in [2.75, 3.05) is 0 Å². The standard InChI is InChI=1S/C8H9NO2/c1-2-6-3-7(11)4-9-8(6)5-10/h3-5,11H,2H2,1H3. The summed E-state index contributed by atoms with van der Waals surface area (Å²) >= 11 is 0. The average molecular weight is 151 g/mol. The Kier molecular flexibility index (Phi) is 2.21. The number of aromatic hydroxyl groups is 1. The molecule has 3 heteroatoms. The first-order chi connectivity index (χ1) is 5.27. The summed E-state index contributed by atoms with van der Waals surface area (Å²) in [6.45, 7) is 1.91. The van der Waals surface area contributed by atoms with Gasteiger partial charge in [0.15, 0.2) is 6.29 Å². The van der Waals surface area contributed by atoms with Crippen LogP contribution in [0.5, 0.6) is 5.75 Å². The van der Waals surface area contributed by atoms with E-state index in [2.05, 4.69) is 4.98 Å². The van der Waals surface area contributed by atoms with Gasteiger partial charge in [-0.25, -0.2) is 4.98 Å². The molecule has 1 aromatic rings. The Bertz CT molecular complexity index is 271. The van der Waals surface area contributed by atoms with Crippen molar-refractivity contribution >= 4 is 6.29 Å². The van der Waals surface area contributed by atoms with Crippen molar-refractivity contribution in [3.63, 3.8) is 0 Å². The van der Waals surface area contributed by atoms with Crippen molar-refractivity contribution in [2.45, 2.75) is 13.3 Å². The Hall–Kier alpha value is -1.38. The van der Waals surface area contributed by atoms with Crippen LogP contribution in [0.25, 0.3) is 0 Å². The number of hydrogen-bond donors (Lipinski definition) is 1. The van der Waals surface area contributed by atoms with Crippen LogP contribution in [0.15, 0.2) is 12.3 Å². The van der Waals surface area contributed by atoms with E-state index >= 15 is 0 Å². The fourth-order valence-corrected chi connectivity index (χ4v) is 0.898. The number of rotatable bonds is 2. The van der Waals surface area contributed by atoms with Crippen molar-refractivity contribution < 1.29 is 9.90 Å². The minimum absolute atomic E-state index is 0.104. The van der Waals surface area contributed by atoms with Gasteiger partial charge < -0.3 is 5.11 Å². The molecule has 0 aliphatic rings. The lowest BCUT2D eigenvalue weighted by molar-refractivity contribution is 0.111. The molecule has 0 radical (unpaired) electrons. The molecule has 1 N–H and O–H groups in total. The smallest absolute Gasteiger partial charge is 0.168 e. The maximum absolute atomic E-state index is 10.4. The Morgan fingerprint density at radius 3 is 3.00 bits per heavy atom. The first kappa shape index (κ1) is 7.72. The van der Waals surface area contributed by atoms with Crippen molar-refractivity contribution in [3.8, 4) is 5.75 Å². The maximum Gasteiger partial charge on any atom is 0.168 e. The second kappa shape index (κ2) is 3.14. The molecule has 0 saturated carbocycles. The van der Waals surface area contributed by atoms with Gasteiger partial charge in [-0.1, -0.05) is 6.92 Å². The van der Waals surface area contributed by atoms with E-state index in [1.165, 1.54) is 6.20 Å². The van der Waals surface area contributed by atoms with E-state index in [9.17, 15) is 4.79 Å². The summed E-state index contributed by atoms with van der Waals surface area (Å²) in [7, 11) is 0. The van der Waals surface area contributed by atoms with E-state index in [0.29, 0.717) is 18.4 Å². The van der Waals surface area contributed by atoms with Crippen LogP contribution in [-0.2, 0) is 6.42 Å². The SMILES string of the molecule is CCc1cc(O)cnc1C=O. The summed E-state index contributed by atoms with van der Waals surface area (Å²) in [6.07, 6.45) is 2.66. The Morgan fingerprint density at radius 2 is 2.45 bits per heavy atom. The molecule has 0 bridgehead atoms. The molecular formula is C8H9NO2. The number of aryl methyl sites for hydroxylation is 1. The first-order valence-electron chi connectivity index (χ1n) is 3.41. The predicted molar refractivity (Wildman–Crippen MR) is 40.7 cm³/mol. The van der Waals surface area contributed by atoms with Gasteiger partial charge in [0.1, 0.15) is 11.4 Å². The number of carbonyl (C=O) groups excluding carboxylic acids is 1. The molecular weight excluding hydrogens is 142 g/mol. The van der Waals surface area contributed by atoms with Gasteiger partial charge in [-0.3, -0.25) is 4.79 Å². The number of hydrogen-bond acceptors (Lipinski definition) is 3. The van der Waals surface area contributed by atoms with Crippen LogP contribution in [-0.4, -0.2) is 16.4 Å². The van der Waals surface area contributed by atoms with E-state index in [4.69, 9.17) is 5.11 Å². The van der Waals surface area contributed by atoms with Gasteiger partial charge in [0.25, 0.3) is 0 Å². The first-order valence-corrected chi connectivity index (χ1v) is 3.41. The summed E-state index contributed by atoms with van der Waals surface area (Å²) in [5.74, 6) is 0.104. The summed E-state index contributed by atoms with van der Waals surface area (Å²) in [5.41, 5.74) is 1.19. The van der Waals surface area contributed by atoms with E-state index in [-0.39, 0.29) is 5.75 Å². The minimum Gasteiger partial charge on any atom is -0.506 e. The van der Waals surface area contributed by atoms with E-state index in [1.54, 1.807) is 6.07 Å². The molecule has 1 rings (SSSR count). The van der Waals surface area contributed by atoms with E-state index in [0.717, 1.165) is 5.56 Å². The zero-order valence-electron chi connectivity index (χ0n) is 6.24. The number of carbonyl (C=O) groups is 1. The van der Waals surface area contributed by atoms with Crippen LogP contribution in [0.4, 0.5) is 0 Å². The second-order valence-corrected chi connectivity index (χ2v) is 2.21. The third kappa shape index (κ3) is 1.55. The van der Waals surface area contributed by atoms with Gasteiger partial charge in [-0.2, -0.15) is 0 Å². The highest BCUT2D eigenvalue weighted by molar-refractivity contribution is 5.74. The maximum atomic E-state index is 10.4. The normalized spacial score (nSPS) is 9.55. The van der Waals surface area contributed by atoms with Crippen LogP contribution < -0.4 is 0 Å². The highest BCUT2D eigenvalue weighted by atomic mass is 16.3. The van der Waals surface area contributed by atoms with Crippen molar-refractivity contribution in [1.82, 2.24) is 4.98 Å². The molecule has 3 nitrogen and oxygen atoms in total. The topological polar surface area (TPSA) is 50.2 Å². The van der Waals surface area contributed by atoms with Crippen LogP contribution in [0.2, 0.25) is 0 Å². The highest BCUT2D eigenvalue weighted by Gasteiger charge is 2.00. The number of pyridine rings is 1. The second-order valence-electron chi connectivity index (χ2n) is 2.21. The lowest BCUT2D eigenvalue weighted by Gasteiger charge is -1.99. The summed E-state index contributed by atoms with van der Waals surface area (Å²) in [4.78, 5) is 14.1. The van der Waals surface area contributed by atoms with Crippen molar-refractivity contribution in [2.24, 2.45) is 0 Å². The van der Waals surface area contributed by atoms with Gasteiger partial charge in [0, 0.05) is 0 Å². The third-order valence-corrected chi connectivity index (χ3v) is 1.48. The molecule has 0 saturated heterocycles. The average Bonchev–Trinajstić information content (AvgIpc) is 2.04. The minimum atomic E-state index is 0.104. The summed E-state index contributed by atoms with van der Waals surface area (Å²) in [5, 5.41) is 8.99. The predicted octanol–water partition coefficient (Wildman–Crippen LogP) is 1.16. The lowest BCUT2D eigenvalue weighted by Crippen LogP contribution is -1.93. The molecule has 0 aliphatic carbocycles. The third-order valence-electron chi connectivity index (χ3n) is 1.48. The molecule has 0 aromatic carbocycles. The largest absolute Gasteiger partial charge is 0.506 e. The molecule has 0 unspecified atom stereocenters. The van der Waals surface area contributed by atoms with E-state index in [1.807, 2.05) is 6.92 Å². The zero-order valence-corrected chi connectivity index (χ0v) is 6.24. The lowest BCUT2D eigenvalue weighted by atomic mass is 10.1. The quantitative estimate of drug-likeness (QED) is 0.645. The van der Waals surface area contributed by atoms with Crippen LogP contribution in [0, 0.1) is 0 Å². The van der Waals surface area contributed by atoms with Crippen LogP contribution in [0.1, 0.15) is 23.0 Å². The van der Waals surface area contributed by atoms with E-state index < -0.39 is 0 Å². The molecule has 0 fully saturated rings. The fourth-order valence-electron chi connectivity index (χ4n) is 0.898. The zero-order chi connectivity index (χ0) is 8.27. The van der Waals surface area contributed by atoms with Gasteiger partial charge in [0.2, 0.25) is 0 Å². The van der Waals surface area contributed by atoms with Gasteiger partial charge >= 0.3 is 0 Å². The Morgan fingerprint density at radius 1 is 1.73 bits per heavy atom. The van der Waals surface area contributed by atoms with Gasteiger partial charge in [-0.05, 0) is 18.1 Å². The molecule has 1 heterocycles. The molecule has 0 atom stereocenters. The van der Waals surface area contributed by atoms with Crippen molar-refractivity contribution in [3.05, 3.63) is 23.5 Å². The number of nitrogens with zero attached hydrogens (tertiary/aromatic N) is 1. The molecule has 58 valence electrons. The Balaban J connectivity index is 3.16. The molecule has 0 amide bonds. The van der Waals surface area contributed by atoms with Gasteiger partial charge in [-0.15, -0.1) is 0 Å². The van der Waals surface area contributed by atoms with Gasteiger partial charge in [0.05, 0.1) is 6.20 Å². The summed E-state index contributed by atoms with van der Waals surface area (Å²) < 4.78 is 0. The Labute approximate surface area is 64.7 Å². The van der Waals surface area contributed by atoms with Crippen LogP contribution >= 0.6 is 0 Å². The van der Waals surface area contributed by atoms with Crippen LogP contribution in [0.3, 0.4) is 0 Å². The molecule has 0 aliphatic heterocycles. The molecule has 0 spiro atoms. The molecule has 11 heavy (non-hydrogen) atoms. The fraction of sp³-hybridized carbons (Fsp3) is 0.250.